The van der Waals surface area contributed by atoms with Gasteiger partial charge in [0.25, 0.3) is 0 Å². The predicted octanol–water partition coefficient (Wildman–Crippen LogP) is 2.41. The fraction of sp³-hybridized carbons (Fsp3) is 0.600. The normalized spacial score (nSPS) is 22.3. The second kappa shape index (κ2) is 5.88. The summed E-state index contributed by atoms with van der Waals surface area (Å²) in [5.41, 5.74) is 1.24. The Hall–Kier alpha value is -1.13. The van der Waals surface area contributed by atoms with Crippen LogP contribution in [0.3, 0.4) is 0 Å². The molecule has 1 aromatic rings. The number of benzene rings is 1. The first-order valence-electron chi connectivity index (χ1n) is 6.88. The molecule has 2 atom stereocenters. The largest absolute Gasteiger partial charge is 0.389 e. The van der Waals surface area contributed by atoms with Crippen LogP contribution in [-0.4, -0.2) is 43.2 Å². The molecule has 1 unspecified atom stereocenters. The highest BCUT2D eigenvalue weighted by Gasteiger charge is 2.23. The molecule has 0 saturated carbocycles. The Bertz CT molecular complexity index is 436. The molecular formula is C15H23FN2O. The second-order valence-electron chi connectivity index (χ2n) is 5.56. The molecule has 0 aliphatic carbocycles. The number of anilines is 1. The molecular weight excluding hydrogens is 243 g/mol. The van der Waals surface area contributed by atoms with Gasteiger partial charge < -0.3 is 14.9 Å². The van der Waals surface area contributed by atoms with Crippen molar-refractivity contribution >= 4 is 5.69 Å². The lowest BCUT2D eigenvalue weighted by Gasteiger charge is -2.37. The van der Waals surface area contributed by atoms with Crippen LogP contribution in [0.5, 0.6) is 0 Å². The number of hydrogen-bond acceptors (Lipinski definition) is 3. The number of rotatable bonds is 3. The van der Waals surface area contributed by atoms with Crippen LogP contribution in [0, 0.1) is 5.82 Å². The summed E-state index contributed by atoms with van der Waals surface area (Å²) in [6, 6.07) is 5.35. The van der Waals surface area contributed by atoms with Gasteiger partial charge in [-0.25, -0.2) is 4.39 Å². The zero-order chi connectivity index (χ0) is 14.0. The summed E-state index contributed by atoms with van der Waals surface area (Å²) in [6.07, 6.45) is 1.62. The fourth-order valence-corrected chi connectivity index (χ4v) is 2.72. The summed E-state index contributed by atoms with van der Waals surface area (Å²) in [5.74, 6) is -0.255. The standard InChI is InChI=1S/C15H23FN2O/c1-11(19)12-6-7-15(14(16)9-12)18(3)13-5-4-8-17(2)10-13/h6-7,9,11,13,19H,4-5,8,10H2,1-3H3/t11-,13?/m1/s1. The Morgan fingerprint density at radius 3 is 2.79 bits per heavy atom. The Morgan fingerprint density at radius 2 is 2.21 bits per heavy atom. The summed E-state index contributed by atoms with van der Waals surface area (Å²) in [7, 11) is 4.05. The molecule has 1 N–H and O–H groups in total. The summed E-state index contributed by atoms with van der Waals surface area (Å²) < 4.78 is 14.1. The van der Waals surface area contributed by atoms with Gasteiger partial charge in [0.15, 0.2) is 0 Å². The van der Waals surface area contributed by atoms with E-state index in [1.54, 1.807) is 19.1 Å². The lowest BCUT2D eigenvalue weighted by molar-refractivity contribution is 0.199. The Labute approximate surface area is 114 Å². The Balaban J connectivity index is 2.16. The van der Waals surface area contributed by atoms with Crippen LogP contribution >= 0.6 is 0 Å². The number of nitrogens with zero attached hydrogens (tertiary/aromatic N) is 2. The average Bonchev–Trinajstić information content (AvgIpc) is 2.37. The van der Waals surface area contributed by atoms with Crippen molar-refractivity contribution < 1.29 is 9.50 Å². The number of halogens is 1. The number of aliphatic hydroxyl groups excluding tert-OH is 1. The summed E-state index contributed by atoms with van der Waals surface area (Å²) in [6.45, 7) is 3.73. The third-order valence-corrected chi connectivity index (χ3v) is 3.98. The molecule has 1 heterocycles. The van der Waals surface area contributed by atoms with Gasteiger partial charge in [0.05, 0.1) is 11.8 Å². The van der Waals surface area contributed by atoms with E-state index < -0.39 is 6.10 Å². The van der Waals surface area contributed by atoms with Crippen molar-refractivity contribution in [2.75, 3.05) is 32.1 Å². The highest BCUT2D eigenvalue weighted by Crippen LogP contribution is 2.26. The SMILES string of the molecule is C[C@@H](O)c1ccc(N(C)C2CCCN(C)C2)c(F)c1. The van der Waals surface area contributed by atoms with Gasteiger partial charge in [0.1, 0.15) is 5.82 Å². The molecule has 0 bridgehead atoms. The van der Waals surface area contributed by atoms with Crippen LogP contribution in [0.25, 0.3) is 0 Å². The van der Waals surface area contributed by atoms with E-state index in [-0.39, 0.29) is 5.82 Å². The van der Waals surface area contributed by atoms with Gasteiger partial charge in [-0.15, -0.1) is 0 Å². The average molecular weight is 266 g/mol. The van der Waals surface area contributed by atoms with E-state index in [1.165, 1.54) is 6.07 Å². The molecule has 0 radical (unpaired) electrons. The number of hydrogen-bond donors (Lipinski definition) is 1. The fourth-order valence-electron chi connectivity index (χ4n) is 2.72. The number of likely N-dealkylation sites (N-methyl/N-ethyl adjacent to an activating group) is 2. The van der Waals surface area contributed by atoms with Crippen LogP contribution in [0.1, 0.15) is 31.4 Å². The highest BCUT2D eigenvalue weighted by atomic mass is 19.1. The van der Waals surface area contributed by atoms with Crippen LogP contribution in [0.4, 0.5) is 10.1 Å². The van der Waals surface area contributed by atoms with E-state index >= 15 is 0 Å². The van der Waals surface area contributed by atoms with Crippen molar-refractivity contribution in [3.63, 3.8) is 0 Å². The first kappa shape index (κ1) is 14.3. The van der Waals surface area contributed by atoms with Gasteiger partial charge in [-0.05, 0) is 51.1 Å². The number of piperidine rings is 1. The molecule has 3 nitrogen and oxygen atoms in total. The van der Waals surface area contributed by atoms with E-state index in [2.05, 4.69) is 11.9 Å². The molecule has 1 aliphatic heterocycles. The predicted molar refractivity (Wildman–Crippen MR) is 76.0 cm³/mol. The molecule has 0 aromatic heterocycles. The van der Waals surface area contributed by atoms with Crippen molar-refractivity contribution in [2.24, 2.45) is 0 Å². The maximum Gasteiger partial charge on any atom is 0.146 e. The van der Waals surface area contributed by atoms with Crippen molar-refractivity contribution in [1.82, 2.24) is 4.90 Å². The van der Waals surface area contributed by atoms with Crippen molar-refractivity contribution in [3.05, 3.63) is 29.6 Å². The van der Waals surface area contributed by atoms with Gasteiger partial charge in [-0.1, -0.05) is 6.07 Å². The maximum atomic E-state index is 14.1. The molecule has 0 spiro atoms. The topological polar surface area (TPSA) is 26.7 Å². The number of aliphatic hydroxyl groups is 1. The molecule has 106 valence electrons. The molecule has 1 fully saturated rings. The second-order valence-corrected chi connectivity index (χ2v) is 5.56. The zero-order valence-electron chi connectivity index (χ0n) is 11.9. The third-order valence-electron chi connectivity index (χ3n) is 3.98. The molecule has 0 amide bonds. The highest BCUT2D eigenvalue weighted by molar-refractivity contribution is 5.49. The Kier molecular flexibility index (Phi) is 4.42. The lowest BCUT2D eigenvalue weighted by Crippen LogP contribution is -2.45. The van der Waals surface area contributed by atoms with Crippen LogP contribution in [0.15, 0.2) is 18.2 Å². The maximum absolute atomic E-state index is 14.1. The molecule has 1 saturated heterocycles. The molecule has 1 aliphatic rings. The monoisotopic (exact) mass is 266 g/mol. The minimum atomic E-state index is -0.630. The van der Waals surface area contributed by atoms with Crippen molar-refractivity contribution in [1.29, 1.82) is 0 Å². The van der Waals surface area contributed by atoms with Crippen LogP contribution in [-0.2, 0) is 0 Å². The zero-order valence-corrected chi connectivity index (χ0v) is 11.9. The molecule has 19 heavy (non-hydrogen) atoms. The summed E-state index contributed by atoms with van der Waals surface area (Å²) in [4.78, 5) is 4.31. The number of likely N-dealkylation sites (tertiary alicyclic amines) is 1. The van der Waals surface area contributed by atoms with Gasteiger partial charge in [-0.2, -0.15) is 0 Å². The van der Waals surface area contributed by atoms with Gasteiger partial charge in [0.2, 0.25) is 0 Å². The minimum Gasteiger partial charge on any atom is -0.389 e. The van der Waals surface area contributed by atoms with Gasteiger partial charge in [-0.3, -0.25) is 0 Å². The van der Waals surface area contributed by atoms with E-state index in [0.29, 0.717) is 17.3 Å². The molecule has 1 aromatic carbocycles. The molecule has 2 rings (SSSR count). The summed E-state index contributed by atoms with van der Waals surface area (Å²) in [5, 5.41) is 9.47. The van der Waals surface area contributed by atoms with Crippen molar-refractivity contribution in [2.45, 2.75) is 31.9 Å². The first-order valence-corrected chi connectivity index (χ1v) is 6.88. The van der Waals surface area contributed by atoms with Crippen LogP contribution < -0.4 is 4.90 Å². The third kappa shape index (κ3) is 3.25. The Morgan fingerprint density at radius 1 is 1.47 bits per heavy atom. The van der Waals surface area contributed by atoms with E-state index in [9.17, 15) is 9.50 Å². The van der Waals surface area contributed by atoms with E-state index in [1.807, 2.05) is 11.9 Å². The first-order chi connectivity index (χ1) is 8.99. The summed E-state index contributed by atoms with van der Waals surface area (Å²) >= 11 is 0. The van der Waals surface area contributed by atoms with Gasteiger partial charge in [0, 0.05) is 19.6 Å². The van der Waals surface area contributed by atoms with E-state index in [4.69, 9.17) is 0 Å². The smallest absolute Gasteiger partial charge is 0.146 e. The van der Waals surface area contributed by atoms with E-state index in [0.717, 1.165) is 25.9 Å². The minimum absolute atomic E-state index is 0.255. The van der Waals surface area contributed by atoms with Crippen molar-refractivity contribution in [3.8, 4) is 0 Å². The van der Waals surface area contributed by atoms with Crippen LogP contribution in [0.2, 0.25) is 0 Å². The quantitative estimate of drug-likeness (QED) is 0.910. The lowest BCUT2D eigenvalue weighted by atomic mass is 10.0. The van der Waals surface area contributed by atoms with Gasteiger partial charge >= 0.3 is 0 Å². The molecule has 4 heteroatoms.